The Morgan fingerprint density at radius 3 is 2.66 bits per heavy atom. The molecule has 0 spiro atoms. The highest BCUT2D eigenvalue weighted by Gasteiger charge is 2.35. The Bertz CT molecular complexity index is 995. The molecule has 3 atom stereocenters. The third-order valence-electron chi connectivity index (χ3n) is 6.41. The van der Waals surface area contributed by atoms with Gasteiger partial charge in [-0.3, -0.25) is 9.89 Å². The molecule has 1 fully saturated rings. The van der Waals surface area contributed by atoms with E-state index in [2.05, 4.69) is 22.1 Å². The van der Waals surface area contributed by atoms with Crippen molar-refractivity contribution in [3.8, 4) is 11.5 Å². The number of H-pyrrole nitrogens is 1. The van der Waals surface area contributed by atoms with Crippen molar-refractivity contribution in [3.05, 3.63) is 51.3 Å². The van der Waals surface area contributed by atoms with Crippen LogP contribution in [0.25, 0.3) is 0 Å². The molecule has 2 heterocycles. The first-order chi connectivity index (χ1) is 15.5. The number of aromatic amines is 1. The Balaban J connectivity index is 1.62. The van der Waals surface area contributed by atoms with Crippen molar-refractivity contribution >= 4 is 29.1 Å². The van der Waals surface area contributed by atoms with Crippen LogP contribution in [0.2, 0.25) is 10.0 Å². The molecular formula is C23H27Cl2N3O4. The molecular weight excluding hydrogens is 453 g/mol. The maximum Gasteiger partial charge on any atom is 0.243 e. The lowest BCUT2D eigenvalue weighted by Gasteiger charge is -2.32. The molecule has 1 aliphatic heterocycles. The summed E-state index contributed by atoms with van der Waals surface area (Å²) in [7, 11) is 3.15. The molecule has 172 valence electrons. The number of aromatic nitrogens is 2. The molecule has 32 heavy (non-hydrogen) atoms. The average Bonchev–Trinajstić information content (AvgIpc) is 3.23. The van der Waals surface area contributed by atoms with Crippen LogP contribution >= 0.6 is 23.2 Å². The topological polar surface area (TPSA) is 85.5 Å². The largest absolute Gasteiger partial charge is 0.495 e. The van der Waals surface area contributed by atoms with Gasteiger partial charge < -0.3 is 19.5 Å². The van der Waals surface area contributed by atoms with Gasteiger partial charge >= 0.3 is 0 Å². The zero-order valence-corrected chi connectivity index (χ0v) is 19.7. The molecule has 7 nitrogen and oxygen atoms in total. The summed E-state index contributed by atoms with van der Waals surface area (Å²) in [4.78, 5) is 11.9. The average molecular weight is 480 g/mol. The van der Waals surface area contributed by atoms with Crippen LogP contribution in [0, 0.1) is 0 Å². The zero-order chi connectivity index (χ0) is 22.8. The first kappa shape index (κ1) is 23.0. The van der Waals surface area contributed by atoms with Gasteiger partial charge in [-0.1, -0.05) is 29.8 Å². The van der Waals surface area contributed by atoms with Crippen LogP contribution < -0.4 is 14.8 Å². The Labute approximate surface area is 197 Å². The van der Waals surface area contributed by atoms with Gasteiger partial charge in [0.15, 0.2) is 0 Å². The SMILES string of the molecule is C=CC(=O)NC1CCOCC1c1n[nH]c2c1CC[C@H](c1c(Cl)c(OC)cc(OC)c1Cl)C2. The number of benzene rings is 1. The van der Waals surface area contributed by atoms with Crippen LogP contribution in [-0.4, -0.2) is 49.6 Å². The number of fused-ring (bicyclic) bond motifs is 1. The summed E-state index contributed by atoms with van der Waals surface area (Å²) in [6.07, 6.45) is 4.43. The van der Waals surface area contributed by atoms with Gasteiger partial charge in [0.05, 0.1) is 36.6 Å². The number of nitrogens with one attached hydrogen (secondary N) is 2. The number of halogens is 2. The van der Waals surface area contributed by atoms with E-state index in [1.165, 1.54) is 11.6 Å². The lowest BCUT2D eigenvalue weighted by Crippen LogP contribution is -2.44. The molecule has 1 saturated heterocycles. The molecule has 0 radical (unpaired) electrons. The molecule has 4 rings (SSSR count). The number of carbonyl (C=O) groups is 1. The van der Waals surface area contributed by atoms with Crippen molar-refractivity contribution < 1.29 is 19.0 Å². The normalized spacial score (nSPS) is 22.7. The number of hydrogen-bond acceptors (Lipinski definition) is 5. The van der Waals surface area contributed by atoms with Crippen LogP contribution in [0.1, 0.15) is 47.2 Å². The van der Waals surface area contributed by atoms with Crippen molar-refractivity contribution in [3.63, 3.8) is 0 Å². The number of carbonyl (C=O) groups excluding carboxylic acids is 1. The minimum absolute atomic E-state index is 0.00621. The first-order valence-electron chi connectivity index (χ1n) is 10.6. The first-order valence-corrected chi connectivity index (χ1v) is 11.4. The van der Waals surface area contributed by atoms with Gasteiger partial charge in [-0.05, 0) is 43.2 Å². The van der Waals surface area contributed by atoms with E-state index in [0.29, 0.717) is 34.8 Å². The second kappa shape index (κ2) is 9.73. The fourth-order valence-electron chi connectivity index (χ4n) is 4.77. The molecule has 2 aromatic rings. The summed E-state index contributed by atoms with van der Waals surface area (Å²) < 4.78 is 16.6. The van der Waals surface area contributed by atoms with Gasteiger partial charge in [-0.2, -0.15) is 5.10 Å². The maximum absolute atomic E-state index is 11.9. The van der Waals surface area contributed by atoms with Crippen LogP contribution in [-0.2, 0) is 22.4 Å². The van der Waals surface area contributed by atoms with E-state index in [4.69, 9.17) is 37.4 Å². The zero-order valence-electron chi connectivity index (χ0n) is 18.2. The quantitative estimate of drug-likeness (QED) is 0.606. The Morgan fingerprint density at radius 1 is 1.28 bits per heavy atom. The molecule has 2 N–H and O–H groups in total. The van der Waals surface area contributed by atoms with Gasteiger partial charge in [0.2, 0.25) is 5.91 Å². The third kappa shape index (κ3) is 4.21. The smallest absolute Gasteiger partial charge is 0.243 e. The predicted octanol–water partition coefficient (Wildman–Crippen LogP) is 4.18. The highest BCUT2D eigenvalue weighted by molar-refractivity contribution is 6.38. The number of rotatable bonds is 6. The molecule has 1 aromatic carbocycles. The lowest BCUT2D eigenvalue weighted by atomic mass is 9.79. The Hall–Kier alpha value is -2.22. The molecule has 1 amide bonds. The number of ether oxygens (including phenoxy) is 3. The summed E-state index contributed by atoms with van der Waals surface area (Å²) in [5.41, 5.74) is 4.05. The van der Waals surface area contributed by atoms with Crippen molar-refractivity contribution in [2.45, 2.75) is 43.6 Å². The molecule has 0 bridgehead atoms. The number of methoxy groups -OCH3 is 2. The fraction of sp³-hybridized carbons (Fsp3) is 0.478. The third-order valence-corrected chi connectivity index (χ3v) is 7.19. The second-order valence-corrected chi connectivity index (χ2v) is 8.87. The van der Waals surface area contributed by atoms with E-state index in [9.17, 15) is 4.79 Å². The van der Waals surface area contributed by atoms with Crippen molar-refractivity contribution in [2.75, 3.05) is 27.4 Å². The molecule has 2 aliphatic rings. The van der Waals surface area contributed by atoms with E-state index in [1.54, 1.807) is 20.3 Å². The maximum atomic E-state index is 11.9. The van der Waals surface area contributed by atoms with E-state index >= 15 is 0 Å². The molecule has 9 heteroatoms. The van der Waals surface area contributed by atoms with Crippen LogP contribution in [0.4, 0.5) is 0 Å². The second-order valence-electron chi connectivity index (χ2n) is 8.12. The molecule has 2 unspecified atom stereocenters. The molecule has 1 aliphatic carbocycles. The van der Waals surface area contributed by atoms with Crippen LogP contribution in [0.3, 0.4) is 0 Å². The van der Waals surface area contributed by atoms with Crippen LogP contribution in [0.15, 0.2) is 18.7 Å². The fourth-order valence-corrected chi connectivity index (χ4v) is 5.58. The minimum Gasteiger partial charge on any atom is -0.495 e. The summed E-state index contributed by atoms with van der Waals surface area (Å²) in [6, 6.07) is 1.67. The summed E-state index contributed by atoms with van der Waals surface area (Å²) in [5.74, 6) is 0.993. The van der Waals surface area contributed by atoms with Crippen LogP contribution in [0.5, 0.6) is 11.5 Å². The van der Waals surface area contributed by atoms with E-state index < -0.39 is 0 Å². The minimum atomic E-state index is -0.178. The van der Waals surface area contributed by atoms with Gasteiger partial charge in [0.1, 0.15) is 11.5 Å². The Morgan fingerprint density at radius 2 is 2.00 bits per heavy atom. The molecule has 0 saturated carbocycles. The summed E-state index contributed by atoms with van der Waals surface area (Å²) >= 11 is 13.3. The standard InChI is InChI=1S/C23H27Cl2N3O4/c1-4-19(29)26-15-7-8-32-11-14(15)23-13-6-5-12(9-16(13)27-28-23)20-21(24)17(30-2)10-18(31-3)22(20)25/h4,10,12,14-15H,1,5-9,11H2,2-3H3,(H,26,29)(H,27,28)/t12-,14?,15?/m0/s1. The van der Waals surface area contributed by atoms with E-state index in [-0.39, 0.29) is 23.8 Å². The lowest BCUT2D eigenvalue weighted by molar-refractivity contribution is -0.118. The van der Waals surface area contributed by atoms with E-state index in [0.717, 1.165) is 42.6 Å². The van der Waals surface area contributed by atoms with E-state index in [1.807, 2.05) is 0 Å². The van der Waals surface area contributed by atoms with Crippen molar-refractivity contribution in [1.29, 1.82) is 0 Å². The van der Waals surface area contributed by atoms with Crippen molar-refractivity contribution in [1.82, 2.24) is 15.5 Å². The molecule has 1 aromatic heterocycles. The number of hydrogen-bond donors (Lipinski definition) is 2. The predicted molar refractivity (Wildman–Crippen MR) is 123 cm³/mol. The van der Waals surface area contributed by atoms with Gasteiger partial charge in [0.25, 0.3) is 0 Å². The summed E-state index contributed by atoms with van der Waals surface area (Å²) in [6.45, 7) is 4.69. The highest BCUT2D eigenvalue weighted by Crippen LogP contribution is 2.47. The number of amides is 1. The van der Waals surface area contributed by atoms with Crippen molar-refractivity contribution in [2.24, 2.45) is 0 Å². The highest BCUT2D eigenvalue weighted by atomic mass is 35.5. The number of nitrogens with zero attached hydrogens (tertiary/aromatic N) is 1. The Kier molecular flexibility index (Phi) is 6.98. The van der Waals surface area contributed by atoms with Gasteiger partial charge in [-0.25, -0.2) is 0 Å². The van der Waals surface area contributed by atoms with Gasteiger partial charge in [0, 0.05) is 35.9 Å². The van der Waals surface area contributed by atoms with Gasteiger partial charge in [-0.15, -0.1) is 0 Å². The monoisotopic (exact) mass is 479 g/mol. The summed E-state index contributed by atoms with van der Waals surface area (Å²) in [5, 5.41) is 11.9.